The lowest BCUT2D eigenvalue weighted by atomic mass is 10.1. The van der Waals surface area contributed by atoms with Gasteiger partial charge in [-0.15, -0.1) is 0 Å². The number of benzene rings is 1. The molecule has 3 N–H and O–H groups in total. The van der Waals surface area contributed by atoms with Gasteiger partial charge in [-0.25, -0.2) is 4.79 Å². The van der Waals surface area contributed by atoms with Crippen LogP contribution in [0.1, 0.15) is 25.0 Å². The lowest BCUT2D eigenvalue weighted by molar-refractivity contribution is 0.170. The summed E-state index contributed by atoms with van der Waals surface area (Å²) in [6.07, 6.45) is -0.121. The molecule has 1 heterocycles. The van der Waals surface area contributed by atoms with Crippen molar-refractivity contribution in [3.8, 4) is 0 Å². The summed E-state index contributed by atoms with van der Waals surface area (Å²) in [6, 6.07) is 5.28. The quantitative estimate of drug-likeness (QED) is 0.829. The molecule has 0 saturated carbocycles. The van der Waals surface area contributed by atoms with Crippen LogP contribution in [-0.2, 0) is 6.54 Å². The molecule has 1 aromatic carbocycles. The van der Waals surface area contributed by atoms with Crippen molar-refractivity contribution in [1.82, 2.24) is 4.57 Å². The predicted molar refractivity (Wildman–Crippen MR) is 64.8 cm³/mol. The second kappa shape index (κ2) is 4.73. The molecule has 1 unspecified atom stereocenters. The van der Waals surface area contributed by atoms with Crippen LogP contribution in [0.3, 0.4) is 0 Å². The van der Waals surface area contributed by atoms with Crippen LogP contribution >= 0.6 is 0 Å². The number of rotatable bonds is 4. The van der Waals surface area contributed by atoms with Gasteiger partial charge in [-0.05, 0) is 37.6 Å². The summed E-state index contributed by atoms with van der Waals surface area (Å²) < 4.78 is 6.67. The first-order chi connectivity index (χ1) is 8.17. The molecule has 1 aromatic heterocycles. The number of aryl methyl sites for hydroxylation is 1. The van der Waals surface area contributed by atoms with E-state index in [9.17, 15) is 9.90 Å². The van der Waals surface area contributed by atoms with E-state index in [2.05, 4.69) is 0 Å². The van der Waals surface area contributed by atoms with Gasteiger partial charge in [-0.1, -0.05) is 6.07 Å². The van der Waals surface area contributed by atoms with Crippen molar-refractivity contribution in [2.24, 2.45) is 5.73 Å². The van der Waals surface area contributed by atoms with Crippen LogP contribution in [0.15, 0.2) is 27.4 Å². The van der Waals surface area contributed by atoms with Crippen LogP contribution in [-0.4, -0.2) is 16.2 Å². The topological polar surface area (TPSA) is 81.4 Å². The van der Waals surface area contributed by atoms with Crippen molar-refractivity contribution in [2.45, 2.75) is 26.0 Å². The molecule has 1 atom stereocenters. The van der Waals surface area contributed by atoms with E-state index in [0.717, 1.165) is 11.1 Å². The fourth-order valence-corrected chi connectivity index (χ4v) is 1.91. The molecule has 0 amide bonds. The van der Waals surface area contributed by atoms with Gasteiger partial charge in [-0.2, -0.15) is 0 Å². The zero-order valence-corrected chi connectivity index (χ0v) is 9.72. The van der Waals surface area contributed by atoms with E-state index in [1.54, 1.807) is 22.8 Å². The molecule has 0 saturated heterocycles. The Labute approximate surface area is 98.5 Å². The van der Waals surface area contributed by atoms with Gasteiger partial charge >= 0.3 is 5.76 Å². The van der Waals surface area contributed by atoms with Crippen molar-refractivity contribution >= 4 is 11.1 Å². The molecule has 2 rings (SSSR count). The lowest BCUT2D eigenvalue weighted by Crippen LogP contribution is -2.12. The van der Waals surface area contributed by atoms with E-state index in [1.807, 2.05) is 6.92 Å². The van der Waals surface area contributed by atoms with Crippen molar-refractivity contribution in [1.29, 1.82) is 0 Å². The standard InChI is InChI=1S/C12H16N2O3/c1-2-14-9-4-3-8(10(15)5-6-13)7-11(9)17-12(14)16/h3-4,7,10,15H,2,5-6,13H2,1H3. The molecule has 0 aliphatic carbocycles. The van der Waals surface area contributed by atoms with Crippen LogP contribution in [0.5, 0.6) is 0 Å². The maximum absolute atomic E-state index is 11.5. The minimum absolute atomic E-state index is 0.368. The summed E-state index contributed by atoms with van der Waals surface area (Å²) >= 11 is 0. The first kappa shape index (κ1) is 11.9. The maximum atomic E-state index is 11.5. The highest BCUT2D eigenvalue weighted by atomic mass is 16.4. The zero-order valence-electron chi connectivity index (χ0n) is 9.72. The fourth-order valence-electron chi connectivity index (χ4n) is 1.91. The minimum atomic E-state index is -0.611. The Balaban J connectivity index is 2.48. The highest BCUT2D eigenvalue weighted by Crippen LogP contribution is 2.21. The van der Waals surface area contributed by atoms with Gasteiger partial charge in [0.2, 0.25) is 0 Å². The molecule has 5 heteroatoms. The van der Waals surface area contributed by atoms with E-state index in [1.165, 1.54) is 0 Å². The summed E-state index contributed by atoms with van der Waals surface area (Å²) in [5, 5.41) is 9.81. The van der Waals surface area contributed by atoms with Crippen LogP contribution in [0.4, 0.5) is 0 Å². The van der Waals surface area contributed by atoms with Crippen LogP contribution in [0.2, 0.25) is 0 Å². The summed E-state index contributed by atoms with van der Waals surface area (Å²) in [5.74, 6) is -0.368. The normalized spacial score (nSPS) is 13.1. The van der Waals surface area contributed by atoms with Gasteiger partial charge in [0.15, 0.2) is 5.58 Å². The molecular formula is C12H16N2O3. The lowest BCUT2D eigenvalue weighted by Gasteiger charge is -2.08. The number of hydrogen-bond donors (Lipinski definition) is 2. The van der Waals surface area contributed by atoms with Gasteiger partial charge in [0.25, 0.3) is 0 Å². The first-order valence-corrected chi connectivity index (χ1v) is 5.68. The van der Waals surface area contributed by atoms with Crippen molar-refractivity contribution in [2.75, 3.05) is 6.54 Å². The summed E-state index contributed by atoms with van der Waals surface area (Å²) in [6.45, 7) is 2.86. The van der Waals surface area contributed by atoms with Crippen LogP contribution in [0.25, 0.3) is 11.1 Å². The van der Waals surface area contributed by atoms with Gasteiger partial charge in [0.05, 0.1) is 11.6 Å². The molecule has 2 aromatic rings. The van der Waals surface area contributed by atoms with E-state index >= 15 is 0 Å². The Hall–Kier alpha value is -1.59. The highest BCUT2D eigenvalue weighted by molar-refractivity contribution is 5.73. The van der Waals surface area contributed by atoms with Crippen molar-refractivity contribution in [3.05, 3.63) is 34.3 Å². The number of oxazole rings is 1. The third kappa shape index (κ3) is 2.11. The summed E-state index contributed by atoms with van der Waals surface area (Å²) in [5.41, 5.74) is 7.37. The third-order valence-electron chi connectivity index (χ3n) is 2.83. The first-order valence-electron chi connectivity index (χ1n) is 5.68. The van der Waals surface area contributed by atoms with Gasteiger partial charge < -0.3 is 15.3 Å². The van der Waals surface area contributed by atoms with Crippen molar-refractivity contribution < 1.29 is 9.52 Å². The number of hydrogen-bond acceptors (Lipinski definition) is 4. The molecule has 0 radical (unpaired) electrons. The molecule has 0 bridgehead atoms. The molecule has 0 aliphatic rings. The second-order valence-electron chi connectivity index (χ2n) is 3.93. The Morgan fingerprint density at radius 3 is 2.94 bits per heavy atom. The average molecular weight is 236 g/mol. The monoisotopic (exact) mass is 236 g/mol. The largest absolute Gasteiger partial charge is 0.419 e. The molecule has 0 spiro atoms. The minimum Gasteiger partial charge on any atom is -0.408 e. The number of aliphatic hydroxyl groups excluding tert-OH is 1. The zero-order chi connectivity index (χ0) is 12.4. The summed E-state index contributed by atoms with van der Waals surface area (Å²) in [4.78, 5) is 11.5. The number of aromatic nitrogens is 1. The molecule has 0 fully saturated rings. The Kier molecular flexibility index (Phi) is 3.31. The number of nitrogens with two attached hydrogens (primary N) is 1. The number of fused-ring (bicyclic) bond motifs is 1. The van der Waals surface area contributed by atoms with Gasteiger partial charge in [-0.3, -0.25) is 4.57 Å². The maximum Gasteiger partial charge on any atom is 0.419 e. The van der Waals surface area contributed by atoms with Crippen LogP contribution in [0, 0.1) is 0 Å². The van der Waals surface area contributed by atoms with Crippen LogP contribution < -0.4 is 11.5 Å². The third-order valence-corrected chi connectivity index (χ3v) is 2.83. The van der Waals surface area contributed by atoms with Gasteiger partial charge in [0.1, 0.15) is 0 Å². The second-order valence-corrected chi connectivity index (χ2v) is 3.93. The van der Waals surface area contributed by atoms with Crippen molar-refractivity contribution in [3.63, 3.8) is 0 Å². The average Bonchev–Trinajstić information content (AvgIpc) is 2.63. The highest BCUT2D eigenvalue weighted by Gasteiger charge is 2.12. The predicted octanol–water partition coefficient (Wildman–Crippen LogP) is 0.997. The van der Waals surface area contributed by atoms with E-state index < -0.39 is 6.10 Å². The Bertz CT molecular complexity index is 571. The SMILES string of the molecule is CCn1c(=O)oc2cc(C(O)CCN)ccc21. The molecule has 0 aliphatic heterocycles. The molecule has 92 valence electrons. The number of nitrogens with zero attached hydrogens (tertiary/aromatic N) is 1. The fraction of sp³-hybridized carbons (Fsp3) is 0.417. The molecule has 17 heavy (non-hydrogen) atoms. The number of aliphatic hydroxyl groups is 1. The van der Waals surface area contributed by atoms with E-state index in [-0.39, 0.29) is 5.76 Å². The molecule has 5 nitrogen and oxygen atoms in total. The Morgan fingerprint density at radius 1 is 1.53 bits per heavy atom. The van der Waals surface area contributed by atoms with E-state index in [4.69, 9.17) is 10.2 Å². The van der Waals surface area contributed by atoms with Gasteiger partial charge in [0, 0.05) is 6.54 Å². The molecular weight excluding hydrogens is 220 g/mol. The van der Waals surface area contributed by atoms with E-state index in [0.29, 0.717) is 25.1 Å². The smallest absolute Gasteiger partial charge is 0.408 e. The summed E-state index contributed by atoms with van der Waals surface area (Å²) in [7, 11) is 0. The Morgan fingerprint density at radius 2 is 2.29 bits per heavy atom.